The molecule has 1 atom stereocenters. The van der Waals surface area contributed by atoms with Crippen molar-refractivity contribution in [2.45, 2.75) is 38.5 Å². The second-order valence-corrected chi connectivity index (χ2v) is 7.36. The number of rotatable bonds is 9. The van der Waals surface area contributed by atoms with E-state index in [1.807, 2.05) is 55.5 Å². The maximum atomic E-state index is 13.6. The Morgan fingerprint density at radius 3 is 2.39 bits per heavy atom. The van der Waals surface area contributed by atoms with Gasteiger partial charge in [0.05, 0.1) is 25.3 Å². The summed E-state index contributed by atoms with van der Waals surface area (Å²) >= 11 is 0. The third kappa shape index (κ3) is 4.68. The molecule has 1 aromatic heterocycles. The first-order valence-electron chi connectivity index (χ1n) is 10.5. The van der Waals surface area contributed by atoms with Crippen LogP contribution >= 0.6 is 0 Å². The van der Waals surface area contributed by atoms with Crippen molar-refractivity contribution in [2.75, 3.05) is 19.5 Å². The van der Waals surface area contributed by atoms with Gasteiger partial charge in [0.25, 0.3) is 0 Å². The Morgan fingerprint density at radius 2 is 1.74 bits per heavy atom. The molecule has 1 amide bonds. The van der Waals surface area contributed by atoms with Gasteiger partial charge >= 0.3 is 0 Å². The van der Waals surface area contributed by atoms with Crippen LogP contribution in [-0.2, 0) is 10.2 Å². The summed E-state index contributed by atoms with van der Waals surface area (Å²) in [6.45, 7) is 4.13. The van der Waals surface area contributed by atoms with Gasteiger partial charge in [0.15, 0.2) is 0 Å². The van der Waals surface area contributed by atoms with E-state index in [1.54, 1.807) is 20.3 Å². The number of amides is 1. The molecule has 6 heteroatoms. The lowest BCUT2D eigenvalue weighted by atomic mass is 9.73. The zero-order valence-electron chi connectivity index (χ0n) is 18.5. The van der Waals surface area contributed by atoms with Gasteiger partial charge in [-0.2, -0.15) is 0 Å². The van der Waals surface area contributed by atoms with E-state index in [2.05, 4.69) is 22.2 Å². The van der Waals surface area contributed by atoms with Crippen LogP contribution in [0.5, 0.6) is 11.5 Å². The van der Waals surface area contributed by atoms with Crippen molar-refractivity contribution < 1.29 is 14.3 Å². The van der Waals surface area contributed by atoms with E-state index in [4.69, 9.17) is 9.47 Å². The predicted molar refractivity (Wildman–Crippen MR) is 123 cm³/mol. The molecule has 2 aromatic carbocycles. The summed E-state index contributed by atoms with van der Waals surface area (Å²) in [5.74, 6) is 1.86. The molecule has 162 valence electrons. The molecule has 0 radical (unpaired) electrons. The van der Waals surface area contributed by atoms with E-state index in [1.165, 1.54) is 6.33 Å². The van der Waals surface area contributed by atoms with E-state index in [-0.39, 0.29) is 5.91 Å². The Hall–Kier alpha value is -3.41. The number of anilines is 1. The number of methoxy groups -OCH3 is 2. The highest BCUT2D eigenvalue weighted by molar-refractivity contribution is 5.98. The molecule has 31 heavy (non-hydrogen) atoms. The van der Waals surface area contributed by atoms with E-state index in [9.17, 15) is 4.79 Å². The third-order valence-electron chi connectivity index (χ3n) is 5.65. The Bertz CT molecular complexity index is 1020. The third-order valence-corrected chi connectivity index (χ3v) is 5.65. The van der Waals surface area contributed by atoms with Crippen LogP contribution < -0.4 is 14.8 Å². The maximum Gasteiger partial charge on any atom is 0.236 e. The molecule has 6 nitrogen and oxygen atoms in total. The molecular formula is C25H29N3O3. The topological polar surface area (TPSA) is 73.3 Å². The monoisotopic (exact) mass is 419 g/mol. The zero-order valence-corrected chi connectivity index (χ0v) is 18.5. The molecule has 0 bridgehead atoms. The summed E-state index contributed by atoms with van der Waals surface area (Å²) in [7, 11) is 3.26. The molecule has 0 aliphatic heterocycles. The molecule has 0 saturated heterocycles. The van der Waals surface area contributed by atoms with Crippen LogP contribution in [0.4, 0.5) is 5.82 Å². The van der Waals surface area contributed by atoms with Gasteiger partial charge in [-0.3, -0.25) is 4.79 Å². The molecule has 0 fully saturated rings. The Kier molecular flexibility index (Phi) is 7.23. The van der Waals surface area contributed by atoms with Crippen LogP contribution in [0.2, 0.25) is 0 Å². The summed E-state index contributed by atoms with van der Waals surface area (Å²) in [6.07, 6.45) is 3.73. The van der Waals surface area contributed by atoms with Crippen LogP contribution in [0.3, 0.4) is 0 Å². The summed E-state index contributed by atoms with van der Waals surface area (Å²) in [4.78, 5) is 22.2. The number of hydrogen-bond donors (Lipinski definition) is 1. The van der Waals surface area contributed by atoms with Crippen molar-refractivity contribution in [3.05, 3.63) is 66.5 Å². The highest BCUT2D eigenvalue weighted by Crippen LogP contribution is 2.36. The molecule has 3 aromatic rings. The SMILES string of the molecule is CCCC(CC)(C(=O)Nc1cc(-c2ccccc2OC)ncn1)c1ccc(OC)cc1. The summed E-state index contributed by atoms with van der Waals surface area (Å²) < 4.78 is 10.7. The first-order valence-corrected chi connectivity index (χ1v) is 10.5. The highest BCUT2D eigenvalue weighted by atomic mass is 16.5. The minimum absolute atomic E-state index is 0.0771. The van der Waals surface area contributed by atoms with E-state index >= 15 is 0 Å². The lowest BCUT2D eigenvalue weighted by Gasteiger charge is -2.32. The van der Waals surface area contributed by atoms with Gasteiger partial charge in [0.1, 0.15) is 23.6 Å². The van der Waals surface area contributed by atoms with Crippen LogP contribution in [0.25, 0.3) is 11.3 Å². The van der Waals surface area contributed by atoms with Crippen LogP contribution in [0, 0.1) is 0 Å². The Balaban J connectivity index is 1.93. The quantitative estimate of drug-likeness (QED) is 0.513. The molecule has 3 rings (SSSR count). The fourth-order valence-electron chi connectivity index (χ4n) is 3.93. The number of nitrogens with zero attached hydrogens (tertiary/aromatic N) is 2. The molecule has 0 spiro atoms. The first kappa shape index (κ1) is 22.3. The highest BCUT2D eigenvalue weighted by Gasteiger charge is 2.38. The number of aromatic nitrogens is 2. The molecule has 0 aliphatic rings. The first-order chi connectivity index (χ1) is 15.1. The van der Waals surface area contributed by atoms with Crippen LogP contribution in [0.15, 0.2) is 60.9 Å². The van der Waals surface area contributed by atoms with Gasteiger partial charge in [0, 0.05) is 11.6 Å². The molecule has 1 heterocycles. The number of carbonyl (C=O) groups excluding carboxylic acids is 1. The fourth-order valence-corrected chi connectivity index (χ4v) is 3.93. The maximum absolute atomic E-state index is 13.6. The number of para-hydroxylation sites is 1. The Labute approximate surface area is 183 Å². The van der Waals surface area contributed by atoms with Crippen molar-refractivity contribution in [3.63, 3.8) is 0 Å². The van der Waals surface area contributed by atoms with Gasteiger partial charge in [-0.05, 0) is 42.7 Å². The summed E-state index contributed by atoms with van der Waals surface area (Å²) in [5.41, 5.74) is 1.84. The number of hydrogen-bond acceptors (Lipinski definition) is 5. The summed E-state index contributed by atoms with van der Waals surface area (Å²) in [6, 6.07) is 17.1. The number of carbonyl (C=O) groups is 1. The van der Waals surface area contributed by atoms with E-state index < -0.39 is 5.41 Å². The smallest absolute Gasteiger partial charge is 0.236 e. The van der Waals surface area contributed by atoms with Gasteiger partial charge < -0.3 is 14.8 Å². The van der Waals surface area contributed by atoms with Crippen LogP contribution in [0.1, 0.15) is 38.7 Å². The molecule has 1 unspecified atom stereocenters. The molecule has 0 saturated carbocycles. The minimum atomic E-state index is -0.656. The zero-order chi connectivity index (χ0) is 22.3. The number of nitrogens with one attached hydrogen (secondary N) is 1. The standard InChI is InChI=1S/C25H29N3O3/c1-5-15-25(6-2,18-11-13-19(30-3)14-12-18)24(29)28-23-16-21(26-17-27-23)20-9-7-8-10-22(20)31-4/h7-14,16-17H,5-6,15H2,1-4H3,(H,26,27,28,29). The van der Waals surface area contributed by atoms with Gasteiger partial charge in [0.2, 0.25) is 5.91 Å². The number of benzene rings is 2. The lowest BCUT2D eigenvalue weighted by Crippen LogP contribution is -2.40. The second kappa shape index (κ2) is 10.1. The van der Waals surface area contributed by atoms with E-state index in [0.717, 1.165) is 29.7 Å². The fraction of sp³-hybridized carbons (Fsp3) is 0.320. The largest absolute Gasteiger partial charge is 0.497 e. The molecular weight excluding hydrogens is 390 g/mol. The van der Waals surface area contributed by atoms with Crippen LogP contribution in [-0.4, -0.2) is 30.1 Å². The average Bonchev–Trinajstić information content (AvgIpc) is 2.82. The lowest BCUT2D eigenvalue weighted by molar-refractivity contribution is -0.122. The average molecular weight is 420 g/mol. The minimum Gasteiger partial charge on any atom is -0.497 e. The van der Waals surface area contributed by atoms with Crippen molar-refractivity contribution >= 4 is 11.7 Å². The summed E-state index contributed by atoms with van der Waals surface area (Å²) in [5, 5.41) is 3.03. The van der Waals surface area contributed by atoms with Crippen molar-refractivity contribution in [1.82, 2.24) is 9.97 Å². The second-order valence-electron chi connectivity index (χ2n) is 7.36. The van der Waals surface area contributed by atoms with E-state index in [0.29, 0.717) is 23.7 Å². The molecule has 0 aliphatic carbocycles. The number of ether oxygens (including phenoxy) is 2. The van der Waals surface area contributed by atoms with Crippen molar-refractivity contribution in [2.24, 2.45) is 0 Å². The normalized spacial score (nSPS) is 12.6. The van der Waals surface area contributed by atoms with Crippen molar-refractivity contribution in [3.8, 4) is 22.8 Å². The predicted octanol–water partition coefficient (Wildman–Crippen LogP) is 5.25. The van der Waals surface area contributed by atoms with Gasteiger partial charge in [-0.25, -0.2) is 9.97 Å². The van der Waals surface area contributed by atoms with Crippen molar-refractivity contribution in [1.29, 1.82) is 0 Å². The Morgan fingerprint density at radius 1 is 1.00 bits per heavy atom. The molecule has 1 N–H and O–H groups in total. The van der Waals surface area contributed by atoms with Gasteiger partial charge in [-0.15, -0.1) is 0 Å². The van der Waals surface area contributed by atoms with Gasteiger partial charge in [-0.1, -0.05) is 44.5 Å².